The van der Waals surface area contributed by atoms with Crippen LogP contribution >= 0.6 is 0 Å². The third kappa shape index (κ3) is 3.72. The quantitative estimate of drug-likeness (QED) is 0.287. The Morgan fingerprint density at radius 2 is 1.41 bits per heavy atom. The summed E-state index contributed by atoms with van der Waals surface area (Å²) < 4.78 is 0. The van der Waals surface area contributed by atoms with E-state index in [-0.39, 0.29) is 35.7 Å². The summed E-state index contributed by atoms with van der Waals surface area (Å²) in [6.45, 7) is 7.63. The van der Waals surface area contributed by atoms with Gasteiger partial charge in [0.2, 0.25) is 11.6 Å². The second kappa shape index (κ2) is 8.64. The highest BCUT2D eigenvalue weighted by Crippen LogP contribution is 2.69. The highest BCUT2D eigenvalue weighted by Gasteiger charge is 2.69. The summed E-state index contributed by atoms with van der Waals surface area (Å²) in [5.74, 6) is -5.39. The van der Waals surface area contributed by atoms with Gasteiger partial charge in [-0.2, -0.15) is 0 Å². The van der Waals surface area contributed by atoms with Gasteiger partial charge in [-0.25, -0.2) is 0 Å². The molecule has 10 atom stereocenters. The predicted octanol–water partition coefficient (Wildman–Crippen LogP) is 2.28. The topological polar surface area (TPSA) is 142 Å². The molecule has 4 aliphatic rings. The molecule has 0 aromatic heterocycles. The zero-order valence-electron chi connectivity index (χ0n) is 21.5. The minimum Gasteiger partial charge on any atom is -0.393 e. The number of fused-ring (bicyclic) bond motifs is 5. The van der Waals surface area contributed by atoms with Gasteiger partial charge in [0.25, 0.3) is 0 Å². The summed E-state index contributed by atoms with van der Waals surface area (Å²) in [7, 11) is 0. The Balaban J connectivity index is 1.61. The zero-order valence-corrected chi connectivity index (χ0v) is 21.5. The maximum atomic E-state index is 11.6. The van der Waals surface area contributed by atoms with Crippen molar-refractivity contribution in [1.82, 2.24) is 0 Å². The number of hydrogen-bond acceptors (Lipinski definition) is 7. The van der Waals surface area contributed by atoms with Crippen LogP contribution in [0.25, 0.3) is 0 Å². The van der Waals surface area contributed by atoms with Gasteiger partial charge < -0.3 is 35.7 Å². The van der Waals surface area contributed by atoms with E-state index in [1.807, 2.05) is 6.92 Å². The van der Waals surface area contributed by atoms with Crippen molar-refractivity contribution in [2.24, 2.45) is 40.4 Å². The van der Waals surface area contributed by atoms with Crippen molar-refractivity contribution < 1.29 is 35.7 Å². The van der Waals surface area contributed by atoms with E-state index in [0.717, 1.165) is 32.1 Å². The van der Waals surface area contributed by atoms with E-state index in [4.69, 9.17) is 0 Å². The number of unbranched alkanes of at least 4 members (excludes halogenated alkanes) is 1. The van der Waals surface area contributed by atoms with Gasteiger partial charge in [-0.05, 0) is 105 Å². The van der Waals surface area contributed by atoms with Gasteiger partial charge in [-0.15, -0.1) is 0 Å². The van der Waals surface area contributed by atoms with Crippen LogP contribution in [-0.4, -0.2) is 65.1 Å². The van der Waals surface area contributed by atoms with E-state index < -0.39 is 34.6 Å². The fraction of sp³-hybridized carbons (Fsp3) is 1.00. The first-order chi connectivity index (χ1) is 15.6. The number of aliphatic hydroxyl groups excluding tert-OH is 2. The average molecular weight is 485 g/mol. The Morgan fingerprint density at radius 1 is 0.794 bits per heavy atom. The second-order valence-corrected chi connectivity index (χ2v) is 13.1. The lowest BCUT2D eigenvalue weighted by molar-refractivity contribution is -0.420. The molecule has 0 amide bonds. The van der Waals surface area contributed by atoms with E-state index in [1.165, 1.54) is 6.92 Å². The molecule has 7 nitrogen and oxygen atoms in total. The molecule has 0 aliphatic heterocycles. The fourth-order valence-electron chi connectivity index (χ4n) is 9.45. The van der Waals surface area contributed by atoms with Gasteiger partial charge in [-0.1, -0.05) is 27.2 Å². The Kier molecular flexibility index (Phi) is 6.81. The summed E-state index contributed by atoms with van der Waals surface area (Å²) in [5, 5.41) is 76.2. The molecule has 7 heteroatoms. The first-order valence-corrected chi connectivity index (χ1v) is 13.6. The minimum absolute atomic E-state index is 0.0211. The number of aliphatic hydroxyl groups is 7. The first-order valence-electron chi connectivity index (χ1n) is 13.6. The minimum atomic E-state index is -3.07. The summed E-state index contributed by atoms with van der Waals surface area (Å²) in [4.78, 5) is 0. The molecule has 0 heterocycles. The lowest BCUT2D eigenvalue weighted by Crippen LogP contribution is -2.71. The van der Waals surface area contributed by atoms with E-state index in [0.29, 0.717) is 38.0 Å². The van der Waals surface area contributed by atoms with Gasteiger partial charge in [0, 0.05) is 6.42 Å². The van der Waals surface area contributed by atoms with Crippen LogP contribution in [0.3, 0.4) is 0 Å². The molecule has 5 unspecified atom stereocenters. The van der Waals surface area contributed by atoms with E-state index in [9.17, 15) is 35.7 Å². The summed E-state index contributed by atoms with van der Waals surface area (Å²) >= 11 is 0. The Labute approximate surface area is 204 Å². The van der Waals surface area contributed by atoms with Gasteiger partial charge >= 0.3 is 0 Å². The average Bonchev–Trinajstić information content (AvgIpc) is 3.11. The maximum Gasteiger partial charge on any atom is 0.248 e. The highest BCUT2D eigenvalue weighted by molar-refractivity contribution is 5.15. The van der Waals surface area contributed by atoms with E-state index in [1.54, 1.807) is 0 Å². The molecule has 0 aromatic carbocycles. The third-order valence-corrected chi connectivity index (χ3v) is 11.5. The zero-order chi connectivity index (χ0) is 25.3. The maximum absolute atomic E-state index is 11.6. The fourth-order valence-corrected chi connectivity index (χ4v) is 9.45. The smallest absolute Gasteiger partial charge is 0.248 e. The Bertz CT molecular complexity index is 751. The molecule has 4 saturated carbocycles. The molecule has 0 saturated heterocycles. The van der Waals surface area contributed by atoms with Crippen molar-refractivity contribution in [3.05, 3.63) is 0 Å². The van der Waals surface area contributed by atoms with Crippen molar-refractivity contribution in [1.29, 1.82) is 0 Å². The van der Waals surface area contributed by atoms with Crippen molar-refractivity contribution in [3.63, 3.8) is 0 Å². The van der Waals surface area contributed by atoms with Crippen molar-refractivity contribution in [3.8, 4) is 0 Å². The molecular formula is C27H48O7. The molecule has 0 aromatic rings. The van der Waals surface area contributed by atoms with Crippen LogP contribution in [0.15, 0.2) is 0 Å². The monoisotopic (exact) mass is 484 g/mol. The van der Waals surface area contributed by atoms with E-state index in [2.05, 4.69) is 13.8 Å². The molecule has 4 fully saturated rings. The van der Waals surface area contributed by atoms with Gasteiger partial charge in [0.05, 0.1) is 12.2 Å². The predicted molar refractivity (Wildman–Crippen MR) is 127 cm³/mol. The molecule has 4 rings (SSSR count). The van der Waals surface area contributed by atoms with Crippen molar-refractivity contribution in [2.45, 2.75) is 128 Å². The number of rotatable bonds is 6. The van der Waals surface area contributed by atoms with Gasteiger partial charge in [0.1, 0.15) is 5.60 Å². The summed E-state index contributed by atoms with van der Waals surface area (Å²) in [6.07, 6.45) is 6.16. The lowest BCUT2D eigenvalue weighted by Gasteiger charge is -2.63. The van der Waals surface area contributed by atoms with Crippen LogP contribution in [-0.2, 0) is 0 Å². The largest absolute Gasteiger partial charge is 0.393 e. The van der Waals surface area contributed by atoms with Crippen LogP contribution in [0.4, 0.5) is 0 Å². The molecule has 0 radical (unpaired) electrons. The third-order valence-electron chi connectivity index (χ3n) is 11.5. The van der Waals surface area contributed by atoms with Crippen LogP contribution < -0.4 is 0 Å². The normalized spacial score (nSPS) is 46.9. The van der Waals surface area contributed by atoms with Crippen LogP contribution in [0.2, 0.25) is 0 Å². The van der Waals surface area contributed by atoms with Crippen molar-refractivity contribution >= 4 is 0 Å². The Hall–Kier alpha value is -0.280. The van der Waals surface area contributed by atoms with Crippen LogP contribution in [0.5, 0.6) is 0 Å². The first kappa shape index (κ1) is 26.8. The molecule has 7 N–H and O–H groups in total. The molecule has 34 heavy (non-hydrogen) atoms. The van der Waals surface area contributed by atoms with Crippen molar-refractivity contribution in [2.75, 3.05) is 0 Å². The van der Waals surface area contributed by atoms with E-state index >= 15 is 0 Å². The van der Waals surface area contributed by atoms with Gasteiger partial charge in [-0.3, -0.25) is 0 Å². The molecule has 0 bridgehead atoms. The highest BCUT2D eigenvalue weighted by atomic mass is 16.6. The second-order valence-electron chi connectivity index (χ2n) is 13.1. The summed E-state index contributed by atoms with van der Waals surface area (Å²) in [6, 6.07) is 0. The Morgan fingerprint density at radius 3 is 2.06 bits per heavy atom. The summed E-state index contributed by atoms with van der Waals surface area (Å²) in [5.41, 5.74) is -2.54. The molecule has 4 aliphatic carbocycles. The molecule has 198 valence electrons. The standard InChI is InChI=1S/C27H48O7/c1-5-6-11-26(31,32)27(33,34)25(4,30)22-8-7-18-17-15-21(29)20-14-16(28)9-12-23(20,2)19(17)10-13-24(18,22)3/h16-22,28-34H,5-15H2,1-4H3/t16?,17?,18?,19-,20?,21-,22-,23?,24-,25+/m0/s1. The van der Waals surface area contributed by atoms with Crippen LogP contribution in [0, 0.1) is 40.4 Å². The van der Waals surface area contributed by atoms with Gasteiger partial charge in [0.15, 0.2) is 0 Å². The van der Waals surface area contributed by atoms with Crippen LogP contribution in [0.1, 0.15) is 98.3 Å². The number of hydrogen-bond donors (Lipinski definition) is 7. The molecular weight excluding hydrogens is 436 g/mol. The molecule has 0 spiro atoms. The SMILES string of the molecule is CCCCC(O)(O)C(O)(O)[C@](C)(O)[C@H]1CCC2C3C[C@H](O)C4CC(O)CCC4(C)[C@H]3CC[C@@]21C. The lowest BCUT2D eigenvalue weighted by atomic mass is 9.43.